The summed E-state index contributed by atoms with van der Waals surface area (Å²) < 4.78 is 0. The first-order chi connectivity index (χ1) is 6.27. The van der Waals surface area contributed by atoms with Gasteiger partial charge in [-0.25, -0.2) is 9.97 Å². The van der Waals surface area contributed by atoms with E-state index in [1.165, 1.54) is 6.42 Å². The van der Waals surface area contributed by atoms with Gasteiger partial charge in [-0.3, -0.25) is 0 Å². The van der Waals surface area contributed by atoms with Crippen LogP contribution < -0.4 is 5.32 Å². The summed E-state index contributed by atoms with van der Waals surface area (Å²) in [6.45, 7) is 2.85. The molecule has 1 aliphatic rings. The smallest absolute Gasteiger partial charge is 0.138 e. The molecule has 1 N–H and O–H groups in total. The van der Waals surface area contributed by atoms with Gasteiger partial charge in [-0.05, 0) is 26.2 Å². The number of anilines is 1. The molecule has 2 heterocycles. The standard InChI is InChI=1S/C9H12ClN3/c1-6-12-8(10)7-4-2-3-5-11-9(7)13-6/h2-5H2,1H3,(H,11,12,13). The molecular formula is C9H12ClN3. The summed E-state index contributed by atoms with van der Waals surface area (Å²) in [5.74, 6) is 1.66. The molecule has 70 valence electrons. The van der Waals surface area contributed by atoms with Crippen LogP contribution in [0.1, 0.15) is 24.2 Å². The Labute approximate surface area is 82.5 Å². The minimum absolute atomic E-state index is 0.608. The van der Waals surface area contributed by atoms with Crippen molar-refractivity contribution in [2.45, 2.75) is 26.2 Å². The lowest BCUT2D eigenvalue weighted by Crippen LogP contribution is -2.04. The van der Waals surface area contributed by atoms with Crippen molar-refractivity contribution in [3.63, 3.8) is 0 Å². The van der Waals surface area contributed by atoms with Crippen LogP contribution in [0.25, 0.3) is 0 Å². The predicted molar refractivity (Wildman–Crippen MR) is 53.2 cm³/mol. The van der Waals surface area contributed by atoms with Crippen molar-refractivity contribution in [3.8, 4) is 0 Å². The molecule has 0 atom stereocenters. The summed E-state index contributed by atoms with van der Waals surface area (Å²) in [4.78, 5) is 8.47. The fraction of sp³-hybridized carbons (Fsp3) is 0.556. The molecule has 0 aliphatic carbocycles. The van der Waals surface area contributed by atoms with E-state index in [1.54, 1.807) is 0 Å². The number of nitrogens with zero attached hydrogens (tertiary/aromatic N) is 2. The monoisotopic (exact) mass is 197 g/mol. The molecule has 0 aromatic carbocycles. The largest absolute Gasteiger partial charge is 0.370 e. The molecule has 0 unspecified atom stereocenters. The third-order valence-electron chi connectivity index (χ3n) is 2.21. The molecule has 0 saturated carbocycles. The van der Waals surface area contributed by atoms with Gasteiger partial charge in [0.25, 0.3) is 0 Å². The molecule has 0 bridgehead atoms. The predicted octanol–water partition coefficient (Wildman–Crippen LogP) is 2.19. The van der Waals surface area contributed by atoms with Crippen molar-refractivity contribution in [1.82, 2.24) is 9.97 Å². The number of aryl methyl sites for hydroxylation is 1. The van der Waals surface area contributed by atoms with E-state index in [1.807, 2.05) is 6.92 Å². The highest BCUT2D eigenvalue weighted by atomic mass is 35.5. The van der Waals surface area contributed by atoms with Crippen molar-refractivity contribution in [2.75, 3.05) is 11.9 Å². The van der Waals surface area contributed by atoms with Crippen LogP contribution in [-0.2, 0) is 6.42 Å². The Morgan fingerprint density at radius 2 is 2.15 bits per heavy atom. The summed E-state index contributed by atoms with van der Waals surface area (Å²) in [7, 11) is 0. The van der Waals surface area contributed by atoms with Crippen molar-refractivity contribution < 1.29 is 0 Å². The summed E-state index contributed by atoms with van der Waals surface area (Å²) in [6, 6.07) is 0. The first-order valence-electron chi connectivity index (χ1n) is 4.54. The second-order valence-corrected chi connectivity index (χ2v) is 3.63. The van der Waals surface area contributed by atoms with E-state index in [9.17, 15) is 0 Å². The van der Waals surface area contributed by atoms with E-state index in [4.69, 9.17) is 11.6 Å². The maximum Gasteiger partial charge on any atom is 0.138 e. The van der Waals surface area contributed by atoms with Crippen molar-refractivity contribution >= 4 is 17.4 Å². The van der Waals surface area contributed by atoms with Crippen LogP contribution in [0.3, 0.4) is 0 Å². The van der Waals surface area contributed by atoms with Crippen molar-refractivity contribution in [2.24, 2.45) is 0 Å². The summed E-state index contributed by atoms with van der Waals surface area (Å²) in [5.41, 5.74) is 1.07. The zero-order chi connectivity index (χ0) is 9.26. The number of rotatable bonds is 0. The van der Waals surface area contributed by atoms with Gasteiger partial charge in [-0.15, -0.1) is 0 Å². The van der Waals surface area contributed by atoms with Crippen LogP contribution >= 0.6 is 11.6 Å². The lowest BCUT2D eigenvalue weighted by Gasteiger charge is -2.07. The van der Waals surface area contributed by atoms with Gasteiger partial charge in [-0.1, -0.05) is 11.6 Å². The Morgan fingerprint density at radius 1 is 1.31 bits per heavy atom. The van der Waals surface area contributed by atoms with Crippen LogP contribution in [0.4, 0.5) is 5.82 Å². The maximum absolute atomic E-state index is 6.03. The highest BCUT2D eigenvalue weighted by Gasteiger charge is 2.13. The second kappa shape index (κ2) is 3.50. The fourth-order valence-electron chi connectivity index (χ4n) is 1.56. The van der Waals surface area contributed by atoms with E-state index in [-0.39, 0.29) is 0 Å². The van der Waals surface area contributed by atoms with Crippen LogP contribution in [0, 0.1) is 6.92 Å². The van der Waals surface area contributed by atoms with Crippen LogP contribution in [0.15, 0.2) is 0 Å². The Kier molecular flexibility index (Phi) is 2.36. The van der Waals surface area contributed by atoms with Crippen LogP contribution in [0.2, 0.25) is 5.15 Å². The molecule has 1 aliphatic heterocycles. The van der Waals surface area contributed by atoms with Crippen molar-refractivity contribution in [3.05, 3.63) is 16.5 Å². The average molecular weight is 198 g/mol. The topological polar surface area (TPSA) is 37.8 Å². The quantitative estimate of drug-likeness (QED) is 0.648. The van der Waals surface area contributed by atoms with E-state index in [0.717, 1.165) is 36.6 Å². The van der Waals surface area contributed by atoms with Gasteiger partial charge in [0.15, 0.2) is 0 Å². The van der Waals surface area contributed by atoms with Crippen LogP contribution in [0.5, 0.6) is 0 Å². The first kappa shape index (κ1) is 8.75. The highest BCUT2D eigenvalue weighted by Crippen LogP contribution is 2.25. The first-order valence-corrected chi connectivity index (χ1v) is 4.92. The lowest BCUT2D eigenvalue weighted by atomic mass is 10.1. The normalized spacial score (nSPS) is 15.8. The summed E-state index contributed by atoms with van der Waals surface area (Å²) >= 11 is 6.03. The Balaban J connectivity index is 2.47. The molecule has 2 rings (SSSR count). The number of aromatic nitrogens is 2. The van der Waals surface area contributed by atoms with Crippen LogP contribution in [-0.4, -0.2) is 16.5 Å². The molecule has 0 spiro atoms. The van der Waals surface area contributed by atoms with E-state index < -0.39 is 0 Å². The lowest BCUT2D eigenvalue weighted by molar-refractivity contribution is 0.784. The fourth-order valence-corrected chi connectivity index (χ4v) is 1.87. The Hall–Kier alpha value is -0.830. The maximum atomic E-state index is 6.03. The van der Waals surface area contributed by atoms with E-state index >= 15 is 0 Å². The minimum Gasteiger partial charge on any atom is -0.370 e. The number of hydrogen-bond donors (Lipinski definition) is 1. The number of halogens is 1. The SMILES string of the molecule is Cc1nc(Cl)c2c(n1)NCCCC2. The molecule has 4 heteroatoms. The van der Waals surface area contributed by atoms with Gasteiger partial charge >= 0.3 is 0 Å². The minimum atomic E-state index is 0.608. The molecule has 0 fully saturated rings. The Morgan fingerprint density at radius 3 is 3.00 bits per heavy atom. The third kappa shape index (κ3) is 1.75. The Bertz CT molecular complexity index is 325. The summed E-state index contributed by atoms with van der Waals surface area (Å²) in [6.07, 6.45) is 3.32. The third-order valence-corrected chi connectivity index (χ3v) is 2.53. The number of nitrogens with one attached hydrogen (secondary N) is 1. The van der Waals surface area contributed by atoms with Gasteiger partial charge < -0.3 is 5.32 Å². The van der Waals surface area contributed by atoms with Gasteiger partial charge in [0.2, 0.25) is 0 Å². The highest BCUT2D eigenvalue weighted by molar-refractivity contribution is 6.30. The van der Waals surface area contributed by atoms with E-state index in [2.05, 4.69) is 15.3 Å². The van der Waals surface area contributed by atoms with E-state index in [0.29, 0.717) is 5.15 Å². The van der Waals surface area contributed by atoms with Gasteiger partial charge in [-0.2, -0.15) is 0 Å². The van der Waals surface area contributed by atoms with Gasteiger partial charge in [0, 0.05) is 12.1 Å². The number of fused-ring (bicyclic) bond motifs is 1. The van der Waals surface area contributed by atoms with Gasteiger partial charge in [0.05, 0.1) is 0 Å². The molecule has 1 aromatic rings. The number of hydrogen-bond acceptors (Lipinski definition) is 3. The van der Waals surface area contributed by atoms with Crippen molar-refractivity contribution in [1.29, 1.82) is 0 Å². The molecular weight excluding hydrogens is 186 g/mol. The molecule has 0 radical (unpaired) electrons. The molecule has 13 heavy (non-hydrogen) atoms. The zero-order valence-electron chi connectivity index (χ0n) is 7.60. The average Bonchev–Trinajstić information content (AvgIpc) is 2.28. The zero-order valence-corrected chi connectivity index (χ0v) is 8.36. The van der Waals surface area contributed by atoms with Gasteiger partial charge in [0.1, 0.15) is 16.8 Å². The second-order valence-electron chi connectivity index (χ2n) is 3.27. The molecule has 1 aromatic heterocycles. The molecule has 0 saturated heterocycles. The summed E-state index contributed by atoms with van der Waals surface area (Å²) in [5, 5.41) is 3.88. The molecule has 3 nitrogen and oxygen atoms in total. The molecule has 0 amide bonds.